The number of H-pyrrole nitrogens is 1. The molecule has 0 unspecified atom stereocenters. The van der Waals surface area contributed by atoms with Crippen molar-refractivity contribution in [2.75, 3.05) is 30.9 Å². The first-order valence-electron chi connectivity index (χ1n) is 9.38. The number of carbonyl (C=O) groups is 1. The third-order valence-electron chi connectivity index (χ3n) is 4.25. The van der Waals surface area contributed by atoms with Gasteiger partial charge in [-0.1, -0.05) is 55.4 Å². The number of ether oxygens (including phenoxy) is 1. The summed E-state index contributed by atoms with van der Waals surface area (Å²) in [6, 6.07) is 14.2. The Balaban J connectivity index is 1.77. The number of unbranched alkanes of at least 4 members (excludes halogenated alkanes) is 1. The average molecular weight is 399 g/mol. The highest BCUT2D eigenvalue weighted by atomic mass is 32.2. The van der Waals surface area contributed by atoms with Crippen molar-refractivity contribution in [3.05, 3.63) is 48.0 Å². The molecule has 0 spiro atoms. The molecule has 0 saturated heterocycles. The van der Waals surface area contributed by atoms with Gasteiger partial charge in [0.25, 0.3) is 0 Å². The minimum atomic E-state index is -0.436. The van der Waals surface area contributed by atoms with Crippen LogP contribution >= 0.6 is 11.8 Å². The summed E-state index contributed by atoms with van der Waals surface area (Å²) in [6.07, 6.45) is 1.41. The van der Waals surface area contributed by atoms with Crippen LogP contribution in [0.2, 0.25) is 0 Å². The van der Waals surface area contributed by atoms with Gasteiger partial charge in [-0.3, -0.25) is 5.32 Å². The van der Waals surface area contributed by atoms with Crippen LogP contribution in [0.3, 0.4) is 0 Å². The number of thioether (sulfide) groups is 1. The molecule has 0 aliphatic carbocycles. The second kappa shape index (κ2) is 9.50. The molecule has 3 aromatic rings. The number of fused-ring (bicyclic) bond motifs is 1. The van der Waals surface area contributed by atoms with E-state index in [2.05, 4.69) is 34.3 Å². The molecule has 0 radical (unpaired) electrons. The summed E-state index contributed by atoms with van der Waals surface area (Å²) >= 11 is 1.65. The van der Waals surface area contributed by atoms with Gasteiger partial charge in [-0.05, 0) is 24.1 Å². The van der Waals surface area contributed by atoms with Crippen molar-refractivity contribution >= 4 is 40.3 Å². The van der Waals surface area contributed by atoms with Crippen LogP contribution in [0.1, 0.15) is 25.3 Å². The number of carbonyl (C=O) groups excluding carboxylic acids is 1. The molecular weight excluding hydrogens is 372 g/mol. The van der Waals surface area contributed by atoms with Crippen LogP contribution in [0.4, 0.5) is 16.2 Å². The Kier molecular flexibility index (Phi) is 6.81. The van der Waals surface area contributed by atoms with Gasteiger partial charge < -0.3 is 14.6 Å². The number of rotatable bonds is 8. The monoisotopic (exact) mass is 398 g/mol. The molecule has 148 valence electrons. The van der Waals surface area contributed by atoms with Crippen LogP contribution in [-0.2, 0) is 10.5 Å². The van der Waals surface area contributed by atoms with Gasteiger partial charge in [0.15, 0.2) is 5.16 Å². The zero-order chi connectivity index (χ0) is 19.9. The summed E-state index contributed by atoms with van der Waals surface area (Å²) in [5.41, 5.74) is 4.57. The lowest BCUT2D eigenvalue weighted by molar-refractivity contribution is 0.160. The van der Waals surface area contributed by atoms with Gasteiger partial charge in [0.1, 0.15) is 0 Å². The average Bonchev–Trinajstić information content (AvgIpc) is 3.08. The van der Waals surface area contributed by atoms with E-state index in [1.807, 2.05) is 49.3 Å². The Bertz CT molecular complexity index is 925. The van der Waals surface area contributed by atoms with Gasteiger partial charge in [0, 0.05) is 19.8 Å². The van der Waals surface area contributed by atoms with Crippen LogP contribution < -0.4 is 10.2 Å². The Labute approximate surface area is 169 Å². The summed E-state index contributed by atoms with van der Waals surface area (Å²) in [4.78, 5) is 22.1. The third kappa shape index (κ3) is 5.19. The molecule has 2 aromatic carbocycles. The second-order valence-electron chi connectivity index (χ2n) is 6.71. The summed E-state index contributed by atoms with van der Waals surface area (Å²) in [7, 11) is 3.87. The van der Waals surface area contributed by atoms with Gasteiger partial charge in [-0.2, -0.15) is 0 Å². The van der Waals surface area contributed by atoms with Crippen molar-refractivity contribution in [1.82, 2.24) is 9.97 Å². The lowest BCUT2D eigenvalue weighted by atomic mass is 10.2. The number of nitrogens with one attached hydrogen (secondary N) is 2. The first-order valence-corrected chi connectivity index (χ1v) is 10.4. The van der Waals surface area contributed by atoms with Crippen molar-refractivity contribution in [1.29, 1.82) is 0 Å². The number of anilines is 2. The molecular formula is C21H26N4O2S. The van der Waals surface area contributed by atoms with Crippen LogP contribution in [0.15, 0.2) is 47.6 Å². The smallest absolute Gasteiger partial charge is 0.411 e. The standard InChI is InChI=1S/C21H26N4O2S/c1-4-5-11-27-21(26)24-18-12-16-17(13-19(18)25(2)3)23-20(22-16)28-14-15-9-7-6-8-10-15/h6-10,12-13H,4-5,11,14H2,1-3H3,(H,22,23)(H,24,26). The van der Waals surface area contributed by atoms with E-state index in [4.69, 9.17) is 4.74 Å². The van der Waals surface area contributed by atoms with E-state index in [0.717, 1.165) is 40.5 Å². The highest BCUT2D eigenvalue weighted by Crippen LogP contribution is 2.31. The minimum Gasteiger partial charge on any atom is -0.449 e. The molecule has 7 heteroatoms. The van der Waals surface area contributed by atoms with Gasteiger partial charge >= 0.3 is 6.09 Å². The van der Waals surface area contributed by atoms with Crippen molar-refractivity contribution in [3.63, 3.8) is 0 Å². The molecule has 0 aliphatic rings. The molecule has 1 aromatic heterocycles. The van der Waals surface area contributed by atoms with Gasteiger partial charge in [-0.25, -0.2) is 9.78 Å². The zero-order valence-corrected chi connectivity index (χ0v) is 17.3. The van der Waals surface area contributed by atoms with E-state index in [-0.39, 0.29) is 0 Å². The third-order valence-corrected chi connectivity index (χ3v) is 5.19. The van der Waals surface area contributed by atoms with E-state index in [0.29, 0.717) is 12.3 Å². The van der Waals surface area contributed by atoms with E-state index >= 15 is 0 Å². The minimum absolute atomic E-state index is 0.423. The number of nitrogens with zero attached hydrogens (tertiary/aromatic N) is 2. The fourth-order valence-corrected chi connectivity index (χ4v) is 3.58. The van der Waals surface area contributed by atoms with E-state index in [1.165, 1.54) is 5.56 Å². The summed E-state index contributed by atoms with van der Waals surface area (Å²) in [5.74, 6) is 0.843. The SMILES string of the molecule is CCCCOC(=O)Nc1cc2[nH]c(SCc3ccccc3)nc2cc1N(C)C. The fraction of sp³-hybridized carbons (Fsp3) is 0.333. The summed E-state index contributed by atoms with van der Waals surface area (Å²) in [5, 5.41) is 3.71. The quantitative estimate of drug-likeness (QED) is 0.399. The zero-order valence-electron chi connectivity index (χ0n) is 16.5. The molecule has 0 fully saturated rings. The number of imidazole rings is 1. The number of aromatic amines is 1. The maximum Gasteiger partial charge on any atom is 0.411 e. The van der Waals surface area contributed by atoms with E-state index in [9.17, 15) is 4.79 Å². The lowest BCUT2D eigenvalue weighted by Gasteiger charge is -2.18. The van der Waals surface area contributed by atoms with Crippen LogP contribution in [0.25, 0.3) is 11.0 Å². The number of hydrogen-bond acceptors (Lipinski definition) is 5. The van der Waals surface area contributed by atoms with Gasteiger partial charge in [0.05, 0.1) is 29.0 Å². The number of benzene rings is 2. The predicted molar refractivity (Wildman–Crippen MR) is 116 cm³/mol. The highest BCUT2D eigenvalue weighted by molar-refractivity contribution is 7.98. The maximum absolute atomic E-state index is 12.1. The van der Waals surface area contributed by atoms with Crippen molar-refractivity contribution in [2.24, 2.45) is 0 Å². The molecule has 3 rings (SSSR count). The topological polar surface area (TPSA) is 70.2 Å². The van der Waals surface area contributed by atoms with Crippen LogP contribution in [0, 0.1) is 0 Å². The summed E-state index contributed by atoms with van der Waals surface area (Å²) in [6.45, 7) is 2.48. The van der Waals surface area contributed by atoms with E-state index < -0.39 is 6.09 Å². The molecule has 28 heavy (non-hydrogen) atoms. The molecule has 0 aliphatic heterocycles. The van der Waals surface area contributed by atoms with Crippen molar-refractivity contribution < 1.29 is 9.53 Å². The lowest BCUT2D eigenvalue weighted by Crippen LogP contribution is -2.18. The molecule has 1 amide bonds. The Morgan fingerprint density at radius 1 is 1.25 bits per heavy atom. The molecule has 1 heterocycles. The Morgan fingerprint density at radius 3 is 2.75 bits per heavy atom. The van der Waals surface area contributed by atoms with Crippen LogP contribution in [-0.4, -0.2) is 36.8 Å². The van der Waals surface area contributed by atoms with Crippen molar-refractivity contribution in [2.45, 2.75) is 30.7 Å². The molecule has 0 atom stereocenters. The molecule has 0 saturated carbocycles. The normalized spacial score (nSPS) is 10.8. The van der Waals surface area contributed by atoms with Crippen LogP contribution in [0.5, 0.6) is 0 Å². The number of hydrogen-bond donors (Lipinski definition) is 2. The predicted octanol–water partition coefficient (Wildman–Crippen LogP) is 5.27. The first-order chi connectivity index (χ1) is 13.6. The number of amides is 1. The number of aromatic nitrogens is 2. The molecule has 6 nitrogen and oxygen atoms in total. The highest BCUT2D eigenvalue weighted by Gasteiger charge is 2.14. The first kappa shape index (κ1) is 20.1. The van der Waals surface area contributed by atoms with Gasteiger partial charge in [-0.15, -0.1) is 0 Å². The van der Waals surface area contributed by atoms with E-state index in [1.54, 1.807) is 11.8 Å². The molecule has 0 bridgehead atoms. The second-order valence-corrected chi connectivity index (χ2v) is 7.68. The molecule has 2 N–H and O–H groups in total. The maximum atomic E-state index is 12.1. The largest absolute Gasteiger partial charge is 0.449 e. The Morgan fingerprint density at radius 2 is 2.04 bits per heavy atom. The van der Waals surface area contributed by atoms with Gasteiger partial charge in [0.2, 0.25) is 0 Å². The summed E-state index contributed by atoms with van der Waals surface area (Å²) < 4.78 is 5.23. The Hall–Kier alpha value is -2.67. The van der Waals surface area contributed by atoms with Crippen molar-refractivity contribution in [3.8, 4) is 0 Å². The fourth-order valence-electron chi connectivity index (χ4n) is 2.74.